The molecule has 0 saturated heterocycles. The van der Waals surface area contributed by atoms with Gasteiger partial charge < -0.3 is 5.32 Å². The lowest BCUT2D eigenvalue weighted by Gasteiger charge is -2.11. The number of halogens is 2. The molecular weight excluding hydrogens is 437 g/mol. The standard InChI is InChI=1S/C16H11BrFN7O3/c17-10-1-2-12(11(18)7-10)22-14-13(25(27)28)15(21-8-20-14)23-24-16(26)9-3-5-19-6-4-9/h1-8H,(H,24,26)(H2,20,21,22,23). The molecule has 2 heterocycles. The number of hydrazine groups is 1. The maximum atomic E-state index is 14.0. The van der Waals surface area contributed by atoms with Crippen LogP contribution in [0.5, 0.6) is 0 Å². The molecule has 0 aliphatic rings. The van der Waals surface area contributed by atoms with Gasteiger partial charge in [0.05, 0.1) is 10.6 Å². The second kappa shape index (κ2) is 8.35. The highest BCUT2D eigenvalue weighted by atomic mass is 79.9. The topological polar surface area (TPSA) is 135 Å². The molecule has 12 heteroatoms. The monoisotopic (exact) mass is 447 g/mol. The second-order valence-electron chi connectivity index (χ2n) is 5.24. The predicted octanol–water partition coefficient (Wildman–Crippen LogP) is 3.18. The Morgan fingerprint density at radius 3 is 2.54 bits per heavy atom. The summed E-state index contributed by atoms with van der Waals surface area (Å²) in [5.41, 5.74) is 4.39. The molecular formula is C16H11BrFN7O3. The van der Waals surface area contributed by atoms with E-state index in [1.54, 1.807) is 6.07 Å². The van der Waals surface area contributed by atoms with Crippen molar-refractivity contribution in [1.82, 2.24) is 20.4 Å². The maximum Gasteiger partial charge on any atom is 0.355 e. The molecule has 142 valence electrons. The molecule has 1 aromatic carbocycles. The molecule has 2 aromatic heterocycles. The van der Waals surface area contributed by atoms with E-state index in [1.165, 1.54) is 36.7 Å². The van der Waals surface area contributed by atoms with Crippen LogP contribution in [-0.4, -0.2) is 25.8 Å². The largest absolute Gasteiger partial charge is 0.355 e. The lowest BCUT2D eigenvalue weighted by atomic mass is 10.2. The van der Waals surface area contributed by atoms with Crippen molar-refractivity contribution >= 4 is 44.8 Å². The first-order valence-corrected chi connectivity index (χ1v) is 8.43. The van der Waals surface area contributed by atoms with E-state index in [0.29, 0.717) is 4.47 Å². The van der Waals surface area contributed by atoms with Gasteiger partial charge >= 0.3 is 5.69 Å². The fourth-order valence-corrected chi connectivity index (χ4v) is 2.48. The zero-order valence-corrected chi connectivity index (χ0v) is 15.5. The third-order valence-electron chi connectivity index (χ3n) is 3.43. The molecule has 0 saturated carbocycles. The number of carbonyl (C=O) groups is 1. The van der Waals surface area contributed by atoms with Gasteiger partial charge in [0, 0.05) is 22.4 Å². The van der Waals surface area contributed by atoms with Crippen molar-refractivity contribution in [3.8, 4) is 0 Å². The normalized spacial score (nSPS) is 10.2. The highest BCUT2D eigenvalue weighted by molar-refractivity contribution is 9.10. The van der Waals surface area contributed by atoms with Crippen LogP contribution in [0.2, 0.25) is 0 Å². The Labute approximate surface area is 165 Å². The van der Waals surface area contributed by atoms with E-state index in [-0.39, 0.29) is 22.9 Å². The Morgan fingerprint density at radius 2 is 1.86 bits per heavy atom. The van der Waals surface area contributed by atoms with Gasteiger partial charge in [-0.15, -0.1) is 0 Å². The van der Waals surface area contributed by atoms with Gasteiger partial charge in [0.25, 0.3) is 5.91 Å². The first-order valence-electron chi connectivity index (χ1n) is 7.63. The average molecular weight is 448 g/mol. The molecule has 28 heavy (non-hydrogen) atoms. The van der Waals surface area contributed by atoms with E-state index in [0.717, 1.165) is 6.33 Å². The van der Waals surface area contributed by atoms with Crippen LogP contribution in [0.15, 0.2) is 53.5 Å². The predicted molar refractivity (Wildman–Crippen MR) is 101 cm³/mol. The van der Waals surface area contributed by atoms with E-state index in [2.05, 4.69) is 47.1 Å². The molecule has 0 aliphatic heterocycles. The minimum absolute atomic E-state index is 0.0169. The van der Waals surface area contributed by atoms with Gasteiger partial charge in [-0.25, -0.2) is 14.4 Å². The molecule has 0 radical (unpaired) electrons. The minimum atomic E-state index is -0.750. The molecule has 0 bridgehead atoms. The van der Waals surface area contributed by atoms with Crippen molar-refractivity contribution in [3.05, 3.63) is 75.0 Å². The van der Waals surface area contributed by atoms with Crippen LogP contribution in [0.3, 0.4) is 0 Å². The van der Waals surface area contributed by atoms with Crippen LogP contribution in [0.25, 0.3) is 0 Å². The lowest BCUT2D eigenvalue weighted by Crippen LogP contribution is -2.30. The molecule has 0 spiro atoms. The quantitative estimate of drug-likeness (QED) is 0.387. The average Bonchev–Trinajstić information content (AvgIpc) is 2.68. The van der Waals surface area contributed by atoms with Gasteiger partial charge in [0.2, 0.25) is 11.6 Å². The van der Waals surface area contributed by atoms with Crippen molar-refractivity contribution in [2.24, 2.45) is 0 Å². The number of nitrogens with one attached hydrogen (secondary N) is 3. The zero-order chi connectivity index (χ0) is 20.1. The van der Waals surface area contributed by atoms with E-state index in [4.69, 9.17) is 0 Å². The van der Waals surface area contributed by atoms with Crippen molar-refractivity contribution < 1.29 is 14.1 Å². The number of amides is 1. The Bertz CT molecular complexity index is 1040. The Hall–Kier alpha value is -3.67. The summed E-state index contributed by atoms with van der Waals surface area (Å²) >= 11 is 3.13. The van der Waals surface area contributed by atoms with Crippen molar-refractivity contribution in [2.45, 2.75) is 0 Å². The van der Waals surface area contributed by atoms with Crippen molar-refractivity contribution in [1.29, 1.82) is 0 Å². The number of pyridine rings is 1. The van der Waals surface area contributed by atoms with Gasteiger partial charge in [0.15, 0.2) is 0 Å². The first kappa shape index (κ1) is 19.1. The SMILES string of the molecule is O=C(NNc1ncnc(Nc2ccc(Br)cc2F)c1[N+](=O)[O-])c1ccncc1. The first-order chi connectivity index (χ1) is 13.5. The number of benzene rings is 1. The number of hydrogen-bond acceptors (Lipinski definition) is 8. The van der Waals surface area contributed by atoms with Crippen LogP contribution in [0, 0.1) is 15.9 Å². The molecule has 1 amide bonds. The third kappa shape index (κ3) is 4.35. The number of nitro groups is 1. The summed E-state index contributed by atoms with van der Waals surface area (Å²) in [6, 6.07) is 7.09. The number of anilines is 3. The lowest BCUT2D eigenvalue weighted by molar-refractivity contribution is -0.383. The molecule has 3 N–H and O–H groups in total. The highest BCUT2D eigenvalue weighted by Gasteiger charge is 2.24. The van der Waals surface area contributed by atoms with Crippen LogP contribution < -0.4 is 16.2 Å². The summed E-state index contributed by atoms with van der Waals surface area (Å²) < 4.78 is 14.5. The van der Waals surface area contributed by atoms with E-state index < -0.39 is 22.3 Å². The van der Waals surface area contributed by atoms with E-state index >= 15 is 0 Å². The molecule has 0 aliphatic carbocycles. The molecule has 0 fully saturated rings. The summed E-state index contributed by atoms with van der Waals surface area (Å²) in [4.78, 5) is 34.2. The summed E-state index contributed by atoms with van der Waals surface area (Å²) in [5, 5.41) is 14.1. The van der Waals surface area contributed by atoms with Gasteiger partial charge in [-0.3, -0.25) is 30.7 Å². The van der Waals surface area contributed by atoms with E-state index in [1.807, 2.05) is 0 Å². The summed E-state index contributed by atoms with van der Waals surface area (Å²) in [5.74, 6) is -1.71. The number of hydrogen-bond donors (Lipinski definition) is 3. The molecule has 0 unspecified atom stereocenters. The third-order valence-corrected chi connectivity index (χ3v) is 3.92. The number of carbonyl (C=O) groups excluding carboxylic acids is 1. The number of aromatic nitrogens is 3. The fourth-order valence-electron chi connectivity index (χ4n) is 2.14. The van der Waals surface area contributed by atoms with Crippen LogP contribution in [-0.2, 0) is 0 Å². The van der Waals surface area contributed by atoms with Crippen LogP contribution in [0.4, 0.5) is 27.4 Å². The Balaban J connectivity index is 1.85. The van der Waals surface area contributed by atoms with Gasteiger partial charge in [-0.1, -0.05) is 15.9 Å². The zero-order valence-electron chi connectivity index (χ0n) is 13.9. The summed E-state index contributed by atoms with van der Waals surface area (Å²) in [7, 11) is 0. The van der Waals surface area contributed by atoms with Gasteiger partial charge in [0.1, 0.15) is 12.1 Å². The highest BCUT2D eigenvalue weighted by Crippen LogP contribution is 2.32. The number of rotatable bonds is 6. The molecule has 3 aromatic rings. The van der Waals surface area contributed by atoms with Gasteiger partial charge in [-0.2, -0.15) is 0 Å². The molecule has 3 rings (SSSR count). The number of nitrogens with zero attached hydrogens (tertiary/aromatic N) is 4. The fraction of sp³-hybridized carbons (Fsp3) is 0. The smallest absolute Gasteiger partial charge is 0.332 e. The molecule has 10 nitrogen and oxygen atoms in total. The Morgan fingerprint density at radius 1 is 1.14 bits per heavy atom. The van der Waals surface area contributed by atoms with Crippen LogP contribution >= 0.6 is 15.9 Å². The van der Waals surface area contributed by atoms with Crippen molar-refractivity contribution in [3.63, 3.8) is 0 Å². The van der Waals surface area contributed by atoms with E-state index in [9.17, 15) is 19.3 Å². The molecule has 0 atom stereocenters. The van der Waals surface area contributed by atoms with Crippen LogP contribution in [0.1, 0.15) is 10.4 Å². The second-order valence-corrected chi connectivity index (χ2v) is 6.16. The minimum Gasteiger partial charge on any atom is -0.332 e. The summed E-state index contributed by atoms with van der Waals surface area (Å²) in [6.07, 6.45) is 3.89. The maximum absolute atomic E-state index is 14.0. The van der Waals surface area contributed by atoms with Crippen molar-refractivity contribution in [2.75, 3.05) is 10.7 Å². The Kier molecular flexibility index (Phi) is 5.69. The summed E-state index contributed by atoms with van der Waals surface area (Å²) in [6.45, 7) is 0. The van der Waals surface area contributed by atoms with Gasteiger partial charge in [-0.05, 0) is 30.3 Å².